The van der Waals surface area contributed by atoms with Crippen LogP contribution < -0.4 is 5.32 Å². The second-order valence-corrected chi connectivity index (χ2v) is 5.19. The molecular weight excluding hydrogens is 263 g/mol. The molecule has 1 aromatic heterocycles. The van der Waals surface area contributed by atoms with Gasteiger partial charge in [0.05, 0.1) is 17.3 Å². The van der Waals surface area contributed by atoms with Crippen molar-refractivity contribution < 1.29 is 9.18 Å². The van der Waals surface area contributed by atoms with E-state index in [0.717, 1.165) is 0 Å². The van der Waals surface area contributed by atoms with E-state index in [-0.39, 0.29) is 17.6 Å². The first-order valence-corrected chi connectivity index (χ1v) is 6.76. The molecule has 2 rings (SSSR count). The number of carbonyl (C=O) groups excluding carboxylic acids is 1. The van der Waals surface area contributed by atoms with Crippen LogP contribution in [0.4, 0.5) is 9.39 Å². The number of Topliss-reactive ketones (excluding diaryl/α,β-unsaturated/α-hetero) is 1. The number of anilines is 1. The molecule has 5 heteroatoms. The lowest BCUT2D eigenvalue weighted by atomic mass is 10.1. The van der Waals surface area contributed by atoms with Gasteiger partial charge in [-0.2, -0.15) is 4.37 Å². The Hall–Kier alpha value is -1.75. The second-order valence-electron chi connectivity index (χ2n) is 4.42. The van der Waals surface area contributed by atoms with E-state index >= 15 is 0 Å². The number of hydrogen-bond acceptors (Lipinski definition) is 4. The number of carbonyl (C=O) groups is 1. The molecule has 0 saturated heterocycles. The zero-order valence-electron chi connectivity index (χ0n) is 11.0. The van der Waals surface area contributed by atoms with Gasteiger partial charge in [-0.05, 0) is 38.4 Å². The summed E-state index contributed by atoms with van der Waals surface area (Å²) in [4.78, 5) is 11.6. The van der Waals surface area contributed by atoms with Gasteiger partial charge in [0.1, 0.15) is 10.8 Å². The molecule has 0 saturated carbocycles. The van der Waals surface area contributed by atoms with Crippen molar-refractivity contribution in [3.63, 3.8) is 0 Å². The van der Waals surface area contributed by atoms with Crippen LogP contribution in [0.15, 0.2) is 24.3 Å². The number of hydrogen-bond donors (Lipinski definition) is 1. The average molecular weight is 278 g/mol. The third-order valence-electron chi connectivity index (χ3n) is 2.93. The molecule has 1 atom stereocenters. The molecule has 3 nitrogen and oxygen atoms in total. The average Bonchev–Trinajstić information content (AvgIpc) is 2.70. The summed E-state index contributed by atoms with van der Waals surface area (Å²) in [5.41, 5.74) is 1.87. The molecule has 0 radical (unpaired) electrons. The summed E-state index contributed by atoms with van der Waals surface area (Å²) >= 11 is 1.23. The highest BCUT2D eigenvalue weighted by molar-refractivity contribution is 7.10. The van der Waals surface area contributed by atoms with Crippen molar-refractivity contribution in [1.29, 1.82) is 0 Å². The van der Waals surface area contributed by atoms with Gasteiger partial charge in [0.25, 0.3) is 0 Å². The predicted octanol–water partition coefficient (Wildman–Crippen LogP) is 3.97. The zero-order valence-corrected chi connectivity index (χ0v) is 11.8. The van der Waals surface area contributed by atoms with Crippen LogP contribution in [0.25, 0.3) is 0 Å². The quantitative estimate of drug-likeness (QED) is 0.860. The van der Waals surface area contributed by atoms with Gasteiger partial charge in [0.15, 0.2) is 5.78 Å². The fourth-order valence-electron chi connectivity index (χ4n) is 1.98. The maximum atomic E-state index is 13.7. The Kier molecular flexibility index (Phi) is 3.95. The lowest BCUT2D eigenvalue weighted by Gasteiger charge is -2.15. The van der Waals surface area contributed by atoms with E-state index in [1.807, 2.05) is 6.92 Å². The maximum Gasteiger partial charge on any atom is 0.164 e. The molecule has 0 aliphatic heterocycles. The minimum absolute atomic E-state index is 0.0329. The number of nitrogens with zero attached hydrogens (tertiary/aromatic N) is 1. The van der Waals surface area contributed by atoms with Gasteiger partial charge < -0.3 is 5.32 Å². The van der Waals surface area contributed by atoms with Crippen LogP contribution in [0.5, 0.6) is 0 Å². The standard InChI is InChI=1S/C14H15FN2OS/c1-8(11-6-4-5-7-12(11)15)16-14-13(10(3)18)9(2)17-19-14/h4-8,16H,1-3H3. The normalized spacial score (nSPS) is 12.2. The monoisotopic (exact) mass is 278 g/mol. The van der Waals surface area contributed by atoms with Crippen molar-refractivity contribution >= 4 is 22.3 Å². The van der Waals surface area contributed by atoms with Crippen molar-refractivity contribution in [2.24, 2.45) is 0 Å². The molecule has 100 valence electrons. The Balaban J connectivity index is 2.27. The summed E-state index contributed by atoms with van der Waals surface area (Å²) in [6.07, 6.45) is 0. The van der Waals surface area contributed by atoms with Gasteiger partial charge in [-0.15, -0.1) is 0 Å². The SMILES string of the molecule is CC(=O)c1c(C)nsc1NC(C)c1ccccc1F. The number of rotatable bonds is 4. The summed E-state index contributed by atoms with van der Waals surface area (Å²) in [6, 6.07) is 6.38. The number of nitrogens with one attached hydrogen (secondary N) is 1. The third-order valence-corrected chi connectivity index (χ3v) is 3.80. The molecule has 19 heavy (non-hydrogen) atoms. The van der Waals surface area contributed by atoms with Gasteiger partial charge >= 0.3 is 0 Å². The summed E-state index contributed by atoms with van der Waals surface area (Å²) in [5.74, 6) is -0.289. The number of aromatic nitrogens is 1. The number of aryl methyl sites for hydroxylation is 1. The molecule has 2 aromatic rings. The fourth-order valence-corrected chi connectivity index (χ4v) is 2.92. The van der Waals surface area contributed by atoms with Crippen molar-refractivity contribution in [2.45, 2.75) is 26.8 Å². The molecule has 0 amide bonds. The molecule has 0 aliphatic rings. The van der Waals surface area contributed by atoms with Crippen molar-refractivity contribution in [3.05, 3.63) is 46.9 Å². The van der Waals surface area contributed by atoms with E-state index in [9.17, 15) is 9.18 Å². The van der Waals surface area contributed by atoms with Crippen molar-refractivity contribution in [3.8, 4) is 0 Å². The Bertz CT molecular complexity index is 609. The summed E-state index contributed by atoms with van der Waals surface area (Å²) in [6.45, 7) is 5.17. The molecule has 1 unspecified atom stereocenters. The molecule has 0 fully saturated rings. The molecule has 0 bridgehead atoms. The molecule has 0 aliphatic carbocycles. The number of ketones is 1. The largest absolute Gasteiger partial charge is 0.368 e. The van der Waals surface area contributed by atoms with E-state index in [2.05, 4.69) is 9.69 Å². The zero-order chi connectivity index (χ0) is 14.0. The highest BCUT2D eigenvalue weighted by Crippen LogP contribution is 2.29. The summed E-state index contributed by atoms with van der Waals surface area (Å²) in [7, 11) is 0. The lowest BCUT2D eigenvalue weighted by Crippen LogP contribution is -2.10. The van der Waals surface area contributed by atoms with Gasteiger partial charge in [0, 0.05) is 5.56 Å². The first-order valence-electron chi connectivity index (χ1n) is 5.99. The topological polar surface area (TPSA) is 42.0 Å². The molecule has 1 N–H and O–H groups in total. The number of halogens is 1. The predicted molar refractivity (Wildman–Crippen MR) is 75.3 cm³/mol. The minimum atomic E-state index is -0.256. The molecule has 1 aromatic carbocycles. The van der Waals surface area contributed by atoms with Gasteiger partial charge in [-0.1, -0.05) is 18.2 Å². The van der Waals surface area contributed by atoms with E-state index in [0.29, 0.717) is 21.8 Å². The Morgan fingerprint density at radius 3 is 2.74 bits per heavy atom. The highest BCUT2D eigenvalue weighted by Gasteiger charge is 2.18. The van der Waals surface area contributed by atoms with Crippen molar-refractivity contribution in [1.82, 2.24) is 4.37 Å². The minimum Gasteiger partial charge on any atom is -0.368 e. The van der Waals surface area contributed by atoms with Gasteiger partial charge in [-0.3, -0.25) is 4.79 Å². The van der Waals surface area contributed by atoms with E-state index in [1.54, 1.807) is 25.1 Å². The molecule has 1 heterocycles. The fraction of sp³-hybridized carbons (Fsp3) is 0.286. The summed E-state index contributed by atoms with van der Waals surface area (Å²) < 4.78 is 17.9. The first kappa shape index (κ1) is 13.7. The van der Waals surface area contributed by atoms with Crippen LogP contribution in [0.2, 0.25) is 0 Å². The maximum absolute atomic E-state index is 13.7. The Morgan fingerprint density at radius 1 is 1.42 bits per heavy atom. The van der Waals surface area contributed by atoms with Crippen LogP contribution in [0, 0.1) is 12.7 Å². The van der Waals surface area contributed by atoms with E-state index < -0.39 is 0 Å². The lowest BCUT2D eigenvalue weighted by molar-refractivity contribution is 0.101. The van der Waals surface area contributed by atoms with Crippen LogP contribution in [0.3, 0.4) is 0 Å². The summed E-state index contributed by atoms with van der Waals surface area (Å²) in [5, 5.41) is 3.86. The number of benzene rings is 1. The van der Waals surface area contributed by atoms with Crippen molar-refractivity contribution in [2.75, 3.05) is 5.32 Å². The highest BCUT2D eigenvalue weighted by atomic mass is 32.1. The molecule has 0 spiro atoms. The van der Waals surface area contributed by atoms with Crippen LogP contribution >= 0.6 is 11.5 Å². The van der Waals surface area contributed by atoms with Crippen LogP contribution in [-0.2, 0) is 0 Å². The van der Waals surface area contributed by atoms with Crippen LogP contribution in [-0.4, -0.2) is 10.2 Å². The van der Waals surface area contributed by atoms with Gasteiger partial charge in [0.2, 0.25) is 0 Å². The smallest absolute Gasteiger partial charge is 0.164 e. The van der Waals surface area contributed by atoms with Gasteiger partial charge in [-0.25, -0.2) is 4.39 Å². The van der Waals surface area contributed by atoms with E-state index in [1.165, 1.54) is 24.5 Å². The Morgan fingerprint density at radius 2 is 2.11 bits per heavy atom. The third kappa shape index (κ3) is 2.81. The second kappa shape index (κ2) is 5.48. The van der Waals surface area contributed by atoms with Crippen LogP contribution in [0.1, 0.15) is 41.5 Å². The first-order chi connectivity index (χ1) is 9.00. The molecular formula is C14H15FN2OS. The van der Waals surface area contributed by atoms with E-state index in [4.69, 9.17) is 0 Å². The Labute approximate surface area is 115 Å².